The molecule has 1 aliphatic rings. The molecule has 4 nitrogen and oxygen atoms in total. The Hall–Kier alpha value is -1.76. The van der Waals surface area contributed by atoms with E-state index in [1.54, 1.807) is 22.9 Å². The summed E-state index contributed by atoms with van der Waals surface area (Å²) in [7, 11) is 0. The van der Waals surface area contributed by atoms with E-state index >= 15 is 0 Å². The fraction of sp³-hybridized carbons (Fsp3) is 0.455. The van der Waals surface area contributed by atoms with Crippen LogP contribution < -0.4 is 11.3 Å². The molecular weight excluding hydrogens is 190 g/mol. The average Bonchev–Trinajstić information content (AvgIpc) is 2.94. The number of nitriles is 1. The molecule has 2 N–H and O–H groups in total. The molecule has 78 valence electrons. The van der Waals surface area contributed by atoms with Gasteiger partial charge in [0.15, 0.2) is 0 Å². The monoisotopic (exact) mass is 203 g/mol. The van der Waals surface area contributed by atoms with Gasteiger partial charge in [0.2, 0.25) is 0 Å². The van der Waals surface area contributed by atoms with E-state index in [4.69, 9.17) is 11.0 Å². The van der Waals surface area contributed by atoms with Crippen LogP contribution in [0.25, 0.3) is 0 Å². The first-order valence-corrected chi connectivity index (χ1v) is 4.99. The summed E-state index contributed by atoms with van der Waals surface area (Å²) in [5.41, 5.74) is 5.69. The van der Waals surface area contributed by atoms with E-state index in [9.17, 15) is 4.79 Å². The van der Waals surface area contributed by atoms with Gasteiger partial charge in [0.05, 0.1) is 11.8 Å². The quantitative estimate of drug-likeness (QED) is 0.800. The maximum Gasteiger partial charge on any atom is 0.273 e. The fourth-order valence-corrected chi connectivity index (χ4v) is 1.78. The molecule has 1 aromatic heterocycles. The summed E-state index contributed by atoms with van der Waals surface area (Å²) in [4.78, 5) is 11.6. The van der Waals surface area contributed by atoms with Crippen LogP contribution in [-0.4, -0.2) is 4.57 Å². The highest BCUT2D eigenvalue weighted by atomic mass is 16.1. The Morgan fingerprint density at radius 3 is 2.93 bits per heavy atom. The van der Waals surface area contributed by atoms with Crippen molar-refractivity contribution in [2.75, 3.05) is 5.73 Å². The predicted octanol–water partition coefficient (Wildman–Crippen LogP) is 1.12. The summed E-state index contributed by atoms with van der Waals surface area (Å²) in [6, 6.07) is 5.54. The molecule has 0 aromatic carbocycles. The molecule has 1 aromatic rings. The van der Waals surface area contributed by atoms with Gasteiger partial charge < -0.3 is 10.3 Å². The molecule has 2 rings (SSSR count). The highest BCUT2D eigenvalue weighted by molar-refractivity contribution is 5.33. The van der Waals surface area contributed by atoms with Gasteiger partial charge in [-0.25, -0.2) is 0 Å². The molecule has 0 atom stereocenters. The number of aromatic nitrogens is 1. The summed E-state index contributed by atoms with van der Waals surface area (Å²) < 4.78 is 1.61. The van der Waals surface area contributed by atoms with Crippen LogP contribution in [0.2, 0.25) is 0 Å². The molecule has 0 amide bonds. The van der Waals surface area contributed by atoms with E-state index in [2.05, 4.69) is 6.07 Å². The molecule has 0 unspecified atom stereocenters. The van der Waals surface area contributed by atoms with E-state index in [0.717, 1.165) is 12.8 Å². The molecule has 0 radical (unpaired) electrons. The van der Waals surface area contributed by atoms with Crippen molar-refractivity contribution in [3.63, 3.8) is 0 Å². The number of pyridine rings is 1. The molecule has 0 bridgehead atoms. The molecule has 1 aliphatic carbocycles. The first kappa shape index (κ1) is 9.78. The first-order valence-electron chi connectivity index (χ1n) is 4.99. The number of hydrogen-bond acceptors (Lipinski definition) is 3. The zero-order valence-corrected chi connectivity index (χ0v) is 8.44. The van der Waals surface area contributed by atoms with Gasteiger partial charge in [-0.3, -0.25) is 4.79 Å². The van der Waals surface area contributed by atoms with Crippen LogP contribution in [-0.2, 0) is 6.54 Å². The Balaban J connectivity index is 2.22. The van der Waals surface area contributed by atoms with Gasteiger partial charge in [0.1, 0.15) is 0 Å². The minimum Gasteiger partial charge on any atom is -0.394 e. The van der Waals surface area contributed by atoms with E-state index in [-0.39, 0.29) is 16.7 Å². The molecule has 4 heteroatoms. The Morgan fingerprint density at radius 1 is 1.60 bits per heavy atom. The molecule has 0 spiro atoms. The fourth-order valence-electron chi connectivity index (χ4n) is 1.78. The van der Waals surface area contributed by atoms with Crippen molar-refractivity contribution in [2.45, 2.75) is 25.8 Å². The van der Waals surface area contributed by atoms with Gasteiger partial charge in [-0.05, 0) is 25.0 Å². The lowest BCUT2D eigenvalue weighted by atomic mass is 10.0. The van der Waals surface area contributed by atoms with Crippen LogP contribution in [0.4, 0.5) is 5.69 Å². The molecular formula is C11H13N3O. The van der Waals surface area contributed by atoms with E-state index in [1.807, 2.05) is 0 Å². The summed E-state index contributed by atoms with van der Waals surface area (Å²) in [5.74, 6) is 0. The van der Waals surface area contributed by atoms with Crippen LogP contribution in [0.1, 0.15) is 19.3 Å². The van der Waals surface area contributed by atoms with Crippen molar-refractivity contribution in [3.8, 4) is 6.07 Å². The van der Waals surface area contributed by atoms with Crippen LogP contribution in [0.5, 0.6) is 0 Å². The van der Waals surface area contributed by atoms with Gasteiger partial charge in [-0.2, -0.15) is 5.26 Å². The first-order chi connectivity index (χ1) is 7.17. The van der Waals surface area contributed by atoms with Gasteiger partial charge in [0.25, 0.3) is 5.56 Å². The number of nitrogens with zero attached hydrogens (tertiary/aromatic N) is 2. The van der Waals surface area contributed by atoms with Gasteiger partial charge in [-0.15, -0.1) is 0 Å². The van der Waals surface area contributed by atoms with Gasteiger partial charge in [-0.1, -0.05) is 0 Å². The van der Waals surface area contributed by atoms with Crippen molar-refractivity contribution in [1.82, 2.24) is 4.57 Å². The number of nitrogen functional groups attached to an aromatic ring is 1. The maximum atomic E-state index is 11.6. The third-order valence-corrected chi connectivity index (χ3v) is 2.97. The lowest BCUT2D eigenvalue weighted by molar-refractivity contribution is 0.424. The van der Waals surface area contributed by atoms with Crippen molar-refractivity contribution >= 4 is 5.69 Å². The Kier molecular flexibility index (Phi) is 2.24. The number of nitrogens with two attached hydrogens (primary N) is 1. The molecule has 0 aliphatic heterocycles. The normalized spacial score (nSPS) is 17.0. The maximum absolute atomic E-state index is 11.6. The zero-order chi connectivity index (χ0) is 10.9. The molecule has 1 saturated carbocycles. The largest absolute Gasteiger partial charge is 0.394 e. The SMILES string of the molecule is N#CCC1(Cn2cccc(N)c2=O)CC1. The van der Waals surface area contributed by atoms with Gasteiger partial charge in [0, 0.05) is 24.6 Å². The van der Waals surface area contributed by atoms with Crippen molar-refractivity contribution in [2.24, 2.45) is 5.41 Å². The second-order valence-corrected chi connectivity index (χ2v) is 4.23. The zero-order valence-electron chi connectivity index (χ0n) is 8.44. The Labute approximate surface area is 87.9 Å². The van der Waals surface area contributed by atoms with Crippen molar-refractivity contribution in [1.29, 1.82) is 5.26 Å². The smallest absolute Gasteiger partial charge is 0.273 e. The second kappa shape index (κ2) is 3.43. The molecule has 15 heavy (non-hydrogen) atoms. The minimum atomic E-state index is -0.151. The summed E-state index contributed by atoms with van der Waals surface area (Å²) in [6.45, 7) is 0.616. The predicted molar refractivity (Wildman–Crippen MR) is 57.0 cm³/mol. The number of anilines is 1. The number of hydrogen-bond donors (Lipinski definition) is 1. The Morgan fingerprint density at radius 2 is 2.33 bits per heavy atom. The highest BCUT2D eigenvalue weighted by Crippen LogP contribution is 2.49. The van der Waals surface area contributed by atoms with E-state index in [0.29, 0.717) is 13.0 Å². The van der Waals surface area contributed by atoms with Crippen molar-refractivity contribution < 1.29 is 0 Å². The molecule has 0 saturated heterocycles. The Bertz CT molecular complexity index is 465. The van der Waals surface area contributed by atoms with Crippen LogP contribution in [0, 0.1) is 16.7 Å². The summed E-state index contributed by atoms with van der Waals surface area (Å²) >= 11 is 0. The van der Waals surface area contributed by atoms with Crippen LogP contribution in [0.3, 0.4) is 0 Å². The lowest BCUT2D eigenvalue weighted by Gasteiger charge is -2.13. The van der Waals surface area contributed by atoms with Crippen LogP contribution >= 0.6 is 0 Å². The molecule has 1 fully saturated rings. The van der Waals surface area contributed by atoms with E-state index in [1.165, 1.54) is 0 Å². The van der Waals surface area contributed by atoms with Crippen molar-refractivity contribution in [3.05, 3.63) is 28.7 Å². The standard InChI is InChI=1S/C11H13N3O/c12-6-5-11(3-4-11)8-14-7-1-2-9(13)10(14)15/h1-2,7H,3-5,8,13H2. The number of rotatable bonds is 3. The molecule has 1 heterocycles. The van der Waals surface area contributed by atoms with E-state index < -0.39 is 0 Å². The van der Waals surface area contributed by atoms with Crippen LogP contribution in [0.15, 0.2) is 23.1 Å². The summed E-state index contributed by atoms with van der Waals surface area (Å²) in [5, 5.41) is 8.68. The minimum absolute atomic E-state index is 0.0341. The third-order valence-electron chi connectivity index (χ3n) is 2.97. The average molecular weight is 203 g/mol. The topological polar surface area (TPSA) is 71.8 Å². The lowest BCUT2D eigenvalue weighted by Crippen LogP contribution is -2.25. The van der Waals surface area contributed by atoms with Gasteiger partial charge >= 0.3 is 0 Å². The third kappa shape index (κ3) is 1.86. The second-order valence-electron chi connectivity index (χ2n) is 4.23. The highest BCUT2D eigenvalue weighted by Gasteiger charge is 2.42. The summed E-state index contributed by atoms with van der Waals surface area (Å²) in [6.07, 6.45) is 4.31.